The second-order valence-electron chi connectivity index (χ2n) is 6.37. The third-order valence-corrected chi connectivity index (χ3v) is 5.43. The third-order valence-electron chi connectivity index (χ3n) is 4.56. The first-order valence-corrected chi connectivity index (χ1v) is 10.0. The molecule has 0 amide bonds. The Kier molecular flexibility index (Phi) is 5.35. The summed E-state index contributed by atoms with van der Waals surface area (Å²) in [4.78, 5) is 6.18. The molecule has 2 aromatic carbocycles. The average molecular weight is 375 g/mol. The number of aromatic nitrogens is 2. The number of nitrogens with zero attached hydrogens (tertiary/aromatic N) is 2. The first-order chi connectivity index (χ1) is 13.3. The normalized spacial score (nSPS) is 11.0. The lowest BCUT2D eigenvalue weighted by Gasteiger charge is -2.13. The molecule has 0 aliphatic carbocycles. The lowest BCUT2D eigenvalue weighted by molar-refractivity contribution is 0.296. The van der Waals surface area contributed by atoms with Crippen molar-refractivity contribution in [3.63, 3.8) is 0 Å². The smallest absolute Gasteiger partial charge is 0.122 e. The Hall–Kier alpha value is -2.85. The van der Waals surface area contributed by atoms with Crippen molar-refractivity contribution in [2.24, 2.45) is 0 Å². The van der Waals surface area contributed by atoms with Crippen LogP contribution in [0.2, 0.25) is 0 Å². The third kappa shape index (κ3) is 3.96. The SMILES string of the molecule is C=CCc1ccccc1OCCn1c(Cc2cccs2)nc2ccccc21. The first-order valence-electron chi connectivity index (χ1n) is 9.13. The van der Waals surface area contributed by atoms with Crippen molar-refractivity contribution in [3.8, 4) is 5.75 Å². The largest absolute Gasteiger partial charge is 0.491 e. The molecule has 3 nitrogen and oxygen atoms in total. The molecule has 2 aromatic heterocycles. The number of ether oxygens (including phenoxy) is 1. The summed E-state index contributed by atoms with van der Waals surface area (Å²) >= 11 is 1.77. The van der Waals surface area contributed by atoms with Crippen LogP contribution in [-0.4, -0.2) is 16.2 Å². The van der Waals surface area contributed by atoms with E-state index in [2.05, 4.69) is 52.9 Å². The zero-order valence-corrected chi connectivity index (χ0v) is 16.0. The van der Waals surface area contributed by atoms with Crippen LogP contribution in [0.5, 0.6) is 5.75 Å². The van der Waals surface area contributed by atoms with E-state index in [-0.39, 0.29) is 0 Å². The highest BCUT2D eigenvalue weighted by molar-refractivity contribution is 7.09. The van der Waals surface area contributed by atoms with Gasteiger partial charge in [0.1, 0.15) is 18.2 Å². The van der Waals surface area contributed by atoms with Crippen LogP contribution < -0.4 is 4.74 Å². The Bertz CT molecular complexity index is 1030. The van der Waals surface area contributed by atoms with Crippen molar-refractivity contribution >= 4 is 22.4 Å². The van der Waals surface area contributed by atoms with Crippen LogP contribution in [0.1, 0.15) is 16.3 Å². The summed E-state index contributed by atoms with van der Waals surface area (Å²) < 4.78 is 8.39. The monoisotopic (exact) mass is 374 g/mol. The topological polar surface area (TPSA) is 27.1 Å². The van der Waals surface area contributed by atoms with Gasteiger partial charge in [0.25, 0.3) is 0 Å². The molecular formula is C23H22N2OS. The molecule has 0 N–H and O–H groups in total. The van der Waals surface area contributed by atoms with Crippen LogP contribution in [0.3, 0.4) is 0 Å². The Morgan fingerprint density at radius 2 is 1.89 bits per heavy atom. The molecule has 4 rings (SSSR count). The number of rotatable bonds is 8. The lowest BCUT2D eigenvalue weighted by atomic mass is 10.1. The van der Waals surface area contributed by atoms with Crippen molar-refractivity contribution < 1.29 is 4.74 Å². The van der Waals surface area contributed by atoms with Crippen molar-refractivity contribution in [3.05, 3.63) is 95.0 Å². The Morgan fingerprint density at radius 1 is 1.04 bits per heavy atom. The second-order valence-corrected chi connectivity index (χ2v) is 7.41. The van der Waals surface area contributed by atoms with Crippen LogP contribution >= 0.6 is 11.3 Å². The van der Waals surface area contributed by atoms with E-state index < -0.39 is 0 Å². The molecule has 0 fully saturated rings. The minimum Gasteiger partial charge on any atom is -0.491 e. The van der Waals surface area contributed by atoms with Crippen LogP contribution in [0.15, 0.2) is 78.7 Å². The Labute approximate surface area is 163 Å². The molecule has 2 heterocycles. The Balaban J connectivity index is 1.55. The molecule has 0 aliphatic rings. The molecule has 0 atom stereocenters. The quantitative estimate of drug-likeness (QED) is 0.381. The van der Waals surface area contributed by atoms with Gasteiger partial charge in [0.05, 0.1) is 17.6 Å². The molecule has 0 saturated heterocycles. The lowest BCUT2D eigenvalue weighted by Crippen LogP contribution is -2.12. The van der Waals surface area contributed by atoms with Crippen LogP contribution in [0.4, 0.5) is 0 Å². The molecule has 0 radical (unpaired) electrons. The molecule has 27 heavy (non-hydrogen) atoms. The molecule has 0 saturated carbocycles. The van der Waals surface area contributed by atoms with Gasteiger partial charge in [-0.25, -0.2) is 4.98 Å². The van der Waals surface area contributed by atoms with E-state index in [9.17, 15) is 0 Å². The number of thiophene rings is 1. The summed E-state index contributed by atoms with van der Waals surface area (Å²) in [6.07, 6.45) is 3.57. The predicted octanol–water partition coefficient (Wildman–Crippen LogP) is 5.50. The summed E-state index contributed by atoms with van der Waals surface area (Å²) in [6.45, 7) is 5.20. The summed E-state index contributed by atoms with van der Waals surface area (Å²) in [5, 5.41) is 2.11. The summed E-state index contributed by atoms with van der Waals surface area (Å²) in [6, 6.07) is 20.7. The molecule has 0 aliphatic heterocycles. The average Bonchev–Trinajstić information content (AvgIpc) is 3.32. The zero-order valence-electron chi connectivity index (χ0n) is 15.2. The Morgan fingerprint density at radius 3 is 2.74 bits per heavy atom. The molecule has 0 bridgehead atoms. The van der Waals surface area contributed by atoms with Gasteiger partial charge in [-0.15, -0.1) is 17.9 Å². The first kappa shape index (κ1) is 17.6. The maximum Gasteiger partial charge on any atom is 0.122 e. The highest BCUT2D eigenvalue weighted by Gasteiger charge is 2.12. The minimum atomic E-state index is 0.603. The van der Waals surface area contributed by atoms with Crippen LogP contribution in [-0.2, 0) is 19.4 Å². The minimum absolute atomic E-state index is 0.603. The number of allylic oxidation sites excluding steroid dienone is 1. The van der Waals surface area contributed by atoms with Gasteiger partial charge < -0.3 is 9.30 Å². The fourth-order valence-electron chi connectivity index (χ4n) is 3.29. The number of benzene rings is 2. The van der Waals surface area contributed by atoms with Gasteiger partial charge in [0.15, 0.2) is 0 Å². The van der Waals surface area contributed by atoms with Gasteiger partial charge in [-0.1, -0.05) is 42.5 Å². The second kappa shape index (κ2) is 8.23. The highest BCUT2D eigenvalue weighted by Crippen LogP contribution is 2.22. The highest BCUT2D eigenvalue weighted by atomic mass is 32.1. The molecule has 0 spiro atoms. The van der Waals surface area contributed by atoms with E-state index in [1.54, 1.807) is 11.3 Å². The molecule has 4 heteroatoms. The predicted molar refractivity (Wildman–Crippen MR) is 113 cm³/mol. The van der Waals surface area contributed by atoms with E-state index in [0.29, 0.717) is 6.61 Å². The number of imidazole rings is 1. The summed E-state index contributed by atoms with van der Waals surface area (Å²) in [5.74, 6) is 2.02. The fraction of sp³-hybridized carbons (Fsp3) is 0.174. The van der Waals surface area contributed by atoms with Crippen molar-refractivity contribution in [2.75, 3.05) is 6.61 Å². The van der Waals surface area contributed by atoms with Gasteiger partial charge in [-0.2, -0.15) is 0 Å². The van der Waals surface area contributed by atoms with Crippen molar-refractivity contribution in [2.45, 2.75) is 19.4 Å². The van der Waals surface area contributed by atoms with Crippen LogP contribution in [0.25, 0.3) is 11.0 Å². The van der Waals surface area contributed by atoms with Gasteiger partial charge in [0.2, 0.25) is 0 Å². The number of hydrogen-bond donors (Lipinski definition) is 0. The van der Waals surface area contributed by atoms with Crippen molar-refractivity contribution in [1.82, 2.24) is 9.55 Å². The van der Waals surface area contributed by atoms with Gasteiger partial charge in [-0.05, 0) is 41.6 Å². The molecule has 0 unspecified atom stereocenters. The van der Waals surface area contributed by atoms with E-state index in [1.165, 1.54) is 10.4 Å². The van der Waals surface area contributed by atoms with E-state index in [0.717, 1.165) is 42.0 Å². The number of fused-ring (bicyclic) bond motifs is 1. The molecule has 136 valence electrons. The number of hydrogen-bond acceptors (Lipinski definition) is 3. The van der Waals surface area contributed by atoms with E-state index in [4.69, 9.17) is 9.72 Å². The number of para-hydroxylation sites is 3. The fourth-order valence-corrected chi connectivity index (χ4v) is 4.00. The summed E-state index contributed by atoms with van der Waals surface area (Å²) in [5.41, 5.74) is 3.37. The van der Waals surface area contributed by atoms with E-state index >= 15 is 0 Å². The standard InChI is InChI=1S/C23H22N2OS/c1-2-8-18-9-3-6-13-22(18)26-15-14-25-21-12-5-4-11-20(21)24-23(25)17-19-10-7-16-27-19/h2-7,9-13,16H,1,8,14-15,17H2. The van der Waals surface area contributed by atoms with Crippen molar-refractivity contribution in [1.29, 1.82) is 0 Å². The maximum absolute atomic E-state index is 6.11. The van der Waals surface area contributed by atoms with Gasteiger partial charge in [0, 0.05) is 11.3 Å². The van der Waals surface area contributed by atoms with Gasteiger partial charge in [-0.3, -0.25) is 0 Å². The molecule has 4 aromatic rings. The summed E-state index contributed by atoms with van der Waals surface area (Å²) in [7, 11) is 0. The van der Waals surface area contributed by atoms with Crippen LogP contribution in [0, 0.1) is 0 Å². The van der Waals surface area contributed by atoms with E-state index in [1.807, 2.05) is 30.3 Å². The maximum atomic E-state index is 6.11. The molecular weight excluding hydrogens is 352 g/mol. The zero-order chi connectivity index (χ0) is 18.5. The van der Waals surface area contributed by atoms with Gasteiger partial charge >= 0.3 is 0 Å².